The Balaban J connectivity index is 1.41. The van der Waals surface area contributed by atoms with Crippen LogP contribution >= 0.6 is 0 Å². The van der Waals surface area contributed by atoms with Crippen molar-refractivity contribution in [3.8, 4) is 0 Å². The largest absolute Gasteiger partial charge is 0.393 e. The number of hydrogen-bond donors (Lipinski definition) is 1. The summed E-state index contributed by atoms with van der Waals surface area (Å²) in [6.07, 6.45) is 17.6. The smallest absolute Gasteiger partial charge is 0.0594 e. The number of rotatable bonds is 4. The molecule has 31 heavy (non-hydrogen) atoms. The van der Waals surface area contributed by atoms with Crippen LogP contribution in [0.15, 0.2) is 11.6 Å². The normalized spacial score (nSPS) is 52.9. The van der Waals surface area contributed by atoms with Gasteiger partial charge in [-0.05, 0) is 135 Å². The minimum Gasteiger partial charge on any atom is -0.393 e. The van der Waals surface area contributed by atoms with Crippen molar-refractivity contribution < 1.29 is 5.11 Å². The first-order valence-electron chi connectivity index (χ1n) is 13.8. The number of fused-ring (bicyclic) bond motifs is 2. The quantitative estimate of drug-likeness (QED) is 0.449. The first-order valence-corrected chi connectivity index (χ1v) is 13.8. The van der Waals surface area contributed by atoms with Crippen LogP contribution in [0.5, 0.6) is 0 Å². The van der Waals surface area contributed by atoms with E-state index in [0.29, 0.717) is 21.7 Å². The van der Waals surface area contributed by atoms with Crippen molar-refractivity contribution in [2.75, 3.05) is 0 Å². The second-order valence-electron chi connectivity index (χ2n) is 14.4. The molecule has 0 saturated heterocycles. The fraction of sp³-hybridized carbons (Fsp3) is 0.933. The highest BCUT2D eigenvalue weighted by Gasteiger charge is 2.82. The maximum atomic E-state index is 10.8. The topological polar surface area (TPSA) is 20.2 Å². The van der Waals surface area contributed by atoms with E-state index >= 15 is 0 Å². The first-order chi connectivity index (χ1) is 14.4. The third kappa shape index (κ3) is 2.71. The Morgan fingerprint density at radius 3 is 2.26 bits per heavy atom. The maximum Gasteiger partial charge on any atom is 0.0594 e. The van der Waals surface area contributed by atoms with Crippen LogP contribution in [0.4, 0.5) is 0 Å². The molecule has 1 heteroatoms. The molecule has 0 radical (unpaired) electrons. The molecule has 5 aliphatic carbocycles. The summed E-state index contributed by atoms with van der Waals surface area (Å²) in [6, 6.07) is 0. The molecule has 0 aromatic rings. The summed E-state index contributed by atoms with van der Waals surface area (Å²) in [6.45, 7) is 17.3. The Morgan fingerprint density at radius 2 is 1.55 bits per heavy atom. The van der Waals surface area contributed by atoms with Crippen molar-refractivity contribution >= 4 is 0 Å². The summed E-state index contributed by atoms with van der Waals surface area (Å²) < 4.78 is 0. The zero-order valence-electron chi connectivity index (χ0n) is 21.7. The Morgan fingerprint density at radius 1 is 0.871 bits per heavy atom. The molecule has 5 rings (SSSR count). The summed E-state index contributed by atoms with van der Waals surface area (Å²) in [7, 11) is 0. The van der Waals surface area contributed by atoms with E-state index in [4.69, 9.17) is 0 Å². The SMILES string of the molecule is CC(C)=CCCC(C)C1CCC2(C)C3CCC4C(C)(C)[C@@H](O)CCC45CC35CCC12C. The average molecular weight is 427 g/mol. The highest BCUT2D eigenvalue weighted by molar-refractivity contribution is 5.30. The molecule has 5 saturated carbocycles. The van der Waals surface area contributed by atoms with Gasteiger partial charge in [0.15, 0.2) is 0 Å². The molecule has 1 nitrogen and oxygen atoms in total. The third-order valence-corrected chi connectivity index (χ3v) is 13.0. The Kier molecular flexibility index (Phi) is 4.98. The van der Waals surface area contributed by atoms with E-state index in [0.717, 1.165) is 30.1 Å². The Labute approximate surface area is 192 Å². The number of hydrogen-bond acceptors (Lipinski definition) is 1. The van der Waals surface area contributed by atoms with E-state index in [1.54, 1.807) is 0 Å². The highest BCUT2D eigenvalue weighted by Crippen LogP contribution is 2.89. The van der Waals surface area contributed by atoms with E-state index in [9.17, 15) is 5.11 Å². The monoisotopic (exact) mass is 426 g/mol. The van der Waals surface area contributed by atoms with Gasteiger partial charge in [-0.3, -0.25) is 0 Å². The van der Waals surface area contributed by atoms with Crippen LogP contribution in [0.2, 0.25) is 0 Å². The van der Waals surface area contributed by atoms with Gasteiger partial charge in [-0.2, -0.15) is 0 Å². The van der Waals surface area contributed by atoms with Gasteiger partial charge in [-0.15, -0.1) is 0 Å². The molecule has 5 fully saturated rings. The molecule has 0 aromatic carbocycles. The molecule has 9 atom stereocenters. The van der Waals surface area contributed by atoms with Crippen molar-refractivity contribution in [2.45, 2.75) is 125 Å². The summed E-state index contributed by atoms with van der Waals surface area (Å²) in [5.41, 5.74) is 3.87. The molecule has 8 unspecified atom stereocenters. The molecule has 0 heterocycles. The zero-order valence-corrected chi connectivity index (χ0v) is 21.7. The fourth-order valence-corrected chi connectivity index (χ4v) is 11.1. The van der Waals surface area contributed by atoms with Crippen molar-refractivity contribution in [3.63, 3.8) is 0 Å². The van der Waals surface area contributed by atoms with Crippen molar-refractivity contribution in [1.82, 2.24) is 0 Å². The van der Waals surface area contributed by atoms with Gasteiger partial charge >= 0.3 is 0 Å². The van der Waals surface area contributed by atoms with Gasteiger partial charge in [0.1, 0.15) is 0 Å². The van der Waals surface area contributed by atoms with Crippen LogP contribution in [0.25, 0.3) is 0 Å². The van der Waals surface area contributed by atoms with E-state index in [-0.39, 0.29) is 11.5 Å². The molecule has 176 valence electrons. The van der Waals surface area contributed by atoms with Gasteiger partial charge in [0.25, 0.3) is 0 Å². The molecule has 0 amide bonds. The maximum absolute atomic E-state index is 10.8. The lowest BCUT2D eigenvalue weighted by Gasteiger charge is -2.63. The van der Waals surface area contributed by atoms with Gasteiger partial charge < -0.3 is 5.11 Å². The lowest BCUT2D eigenvalue weighted by atomic mass is 9.41. The van der Waals surface area contributed by atoms with Gasteiger partial charge in [-0.25, -0.2) is 0 Å². The van der Waals surface area contributed by atoms with Crippen LogP contribution in [0.1, 0.15) is 119 Å². The summed E-state index contributed by atoms with van der Waals surface area (Å²) in [5.74, 6) is 3.46. The lowest BCUT2D eigenvalue weighted by Crippen LogP contribution is -2.57. The molecule has 5 aliphatic rings. The summed E-state index contributed by atoms with van der Waals surface area (Å²) >= 11 is 0. The Hall–Kier alpha value is -0.300. The van der Waals surface area contributed by atoms with Crippen molar-refractivity contribution in [3.05, 3.63) is 11.6 Å². The van der Waals surface area contributed by atoms with Crippen LogP contribution in [-0.2, 0) is 0 Å². The summed E-state index contributed by atoms with van der Waals surface area (Å²) in [5, 5.41) is 10.8. The fourth-order valence-electron chi connectivity index (χ4n) is 11.1. The number of aliphatic hydroxyl groups excluding tert-OH is 1. The highest BCUT2D eigenvalue weighted by atomic mass is 16.3. The molecule has 0 aliphatic heterocycles. The molecule has 2 spiro atoms. The van der Waals surface area contributed by atoms with Gasteiger partial charge in [0.05, 0.1) is 6.10 Å². The van der Waals surface area contributed by atoms with Gasteiger partial charge in [-0.1, -0.05) is 46.3 Å². The Bertz CT molecular complexity index is 760. The molecular weight excluding hydrogens is 376 g/mol. The van der Waals surface area contributed by atoms with E-state index in [1.807, 2.05) is 0 Å². The second kappa shape index (κ2) is 6.86. The van der Waals surface area contributed by atoms with Crippen LogP contribution in [0.3, 0.4) is 0 Å². The molecule has 0 bridgehead atoms. The van der Waals surface area contributed by atoms with Crippen molar-refractivity contribution in [2.24, 2.45) is 50.7 Å². The van der Waals surface area contributed by atoms with E-state index in [1.165, 1.54) is 69.8 Å². The molecular formula is C30H50O. The van der Waals surface area contributed by atoms with Crippen LogP contribution in [0, 0.1) is 50.7 Å². The predicted molar refractivity (Wildman–Crippen MR) is 131 cm³/mol. The van der Waals surface area contributed by atoms with Crippen LogP contribution < -0.4 is 0 Å². The lowest BCUT2D eigenvalue weighted by molar-refractivity contribution is -0.161. The molecule has 0 aromatic heterocycles. The second-order valence-corrected chi connectivity index (χ2v) is 14.4. The zero-order chi connectivity index (χ0) is 22.4. The van der Waals surface area contributed by atoms with E-state index < -0.39 is 0 Å². The minimum atomic E-state index is -0.0840. The van der Waals surface area contributed by atoms with E-state index in [2.05, 4.69) is 54.5 Å². The first kappa shape index (κ1) is 22.5. The third-order valence-electron chi connectivity index (χ3n) is 13.0. The predicted octanol–water partition coefficient (Wildman–Crippen LogP) is 8.17. The summed E-state index contributed by atoms with van der Waals surface area (Å²) in [4.78, 5) is 0. The average Bonchev–Trinajstić information content (AvgIpc) is 3.27. The number of allylic oxidation sites excluding steroid dienone is 2. The molecule has 1 N–H and O–H groups in total. The van der Waals surface area contributed by atoms with Gasteiger partial charge in [0.2, 0.25) is 0 Å². The van der Waals surface area contributed by atoms with Gasteiger partial charge in [0, 0.05) is 0 Å². The number of aliphatic hydroxyl groups is 1. The van der Waals surface area contributed by atoms with Crippen molar-refractivity contribution in [1.29, 1.82) is 0 Å². The minimum absolute atomic E-state index is 0.0840. The standard InChI is InChI=1S/C30H50O/c1-20(2)9-8-10-21(3)22-13-15-28(7)24-12-11-23-26(4,5)25(31)14-16-29(23)19-30(24,29)18-17-27(22,28)6/h9,21-25,31H,8,10-19H2,1-7H3/t21?,22?,23?,24?,25-,27?,28?,29?,30?/m0/s1. The van der Waals surface area contributed by atoms with Crippen LogP contribution in [-0.4, -0.2) is 11.2 Å².